The summed E-state index contributed by atoms with van der Waals surface area (Å²) in [7, 11) is 0. The molecule has 0 bridgehead atoms. The molecule has 2 heterocycles. The Morgan fingerprint density at radius 1 is 1.12 bits per heavy atom. The van der Waals surface area contributed by atoms with Gasteiger partial charge >= 0.3 is 5.97 Å². The summed E-state index contributed by atoms with van der Waals surface area (Å²) < 4.78 is 0. The molecule has 5 heteroatoms. The smallest absolute Gasteiger partial charge is 0.325 e. The molecular formula is C19H23N3O2. The largest absolute Gasteiger partial charge is 0.480 e. The Morgan fingerprint density at radius 3 is 2.42 bits per heavy atom. The quantitative estimate of drug-likeness (QED) is 0.914. The number of nitrogens with zero attached hydrogens (tertiary/aromatic N) is 3. The van der Waals surface area contributed by atoms with Gasteiger partial charge in [-0.25, -0.2) is 0 Å². The van der Waals surface area contributed by atoms with E-state index in [9.17, 15) is 9.90 Å². The van der Waals surface area contributed by atoms with Crippen LogP contribution in [0.4, 0.5) is 0 Å². The zero-order valence-electron chi connectivity index (χ0n) is 13.9. The third kappa shape index (κ3) is 3.99. The Balaban J connectivity index is 1.61. The van der Waals surface area contributed by atoms with Gasteiger partial charge in [-0.2, -0.15) is 0 Å². The first kappa shape index (κ1) is 16.6. The lowest BCUT2D eigenvalue weighted by Crippen LogP contribution is -2.48. The van der Waals surface area contributed by atoms with Gasteiger partial charge < -0.3 is 5.11 Å². The van der Waals surface area contributed by atoms with Crippen molar-refractivity contribution >= 4 is 5.97 Å². The Morgan fingerprint density at radius 2 is 1.83 bits per heavy atom. The molecule has 1 aromatic heterocycles. The van der Waals surface area contributed by atoms with Crippen LogP contribution in [0.25, 0.3) is 0 Å². The van der Waals surface area contributed by atoms with Gasteiger partial charge in [0, 0.05) is 38.9 Å². The molecule has 5 nitrogen and oxygen atoms in total. The second-order valence-corrected chi connectivity index (χ2v) is 6.29. The highest BCUT2D eigenvalue weighted by atomic mass is 16.4. The number of aromatic nitrogens is 1. The van der Waals surface area contributed by atoms with Gasteiger partial charge in [-0.15, -0.1) is 0 Å². The van der Waals surface area contributed by atoms with Gasteiger partial charge in [0.1, 0.15) is 6.04 Å². The van der Waals surface area contributed by atoms with E-state index in [1.54, 1.807) is 0 Å². The van der Waals surface area contributed by atoms with Crippen LogP contribution in [0.3, 0.4) is 0 Å². The van der Waals surface area contributed by atoms with Crippen LogP contribution in [0.1, 0.15) is 22.9 Å². The highest BCUT2D eigenvalue weighted by Gasteiger charge is 2.30. The molecule has 0 saturated carbocycles. The van der Waals surface area contributed by atoms with E-state index in [0.29, 0.717) is 0 Å². The van der Waals surface area contributed by atoms with E-state index < -0.39 is 12.0 Å². The van der Waals surface area contributed by atoms with E-state index in [1.807, 2.05) is 43.5 Å². The maximum absolute atomic E-state index is 11.7. The molecule has 1 fully saturated rings. The van der Waals surface area contributed by atoms with Crippen LogP contribution >= 0.6 is 0 Å². The second-order valence-electron chi connectivity index (χ2n) is 6.29. The number of carbonyl (C=O) groups is 1. The van der Waals surface area contributed by atoms with Crippen LogP contribution in [0, 0.1) is 6.92 Å². The minimum atomic E-state index is -0.783. The lowest BCUT2D eigenvalue weighted by Gasteiger charge is -2.37. The Hall–Kier alpha value is -2.24. The number of benzene rings is 1. The van der Waals surface area contributed by atoms with Gasteiger partial charge in [-0.1, -0.05) is 36.4 Å². The number of pyridine rings is 1. The van der Waals surface area contributed by atoms with Crippen molar-refractivity contribution in [3.05, 3.63) is 65.5 Å². The first-order chi connectivity index (χ1) is 11.6. The van der Waals surface area contributed by atoms with Crippen molar-refractivity contribution in [2.75, 3.05) is 26.2 Å². The van der Waals surface area contributed by atoms with Crippen LogP contribution in [-0.4, -0.2) is 52.0 Å². The Labute approximate surface area is 142 Å². The van der Waals surface area contributed by atoms with Gasteiger partial charge in [-0.05, 0) is 24.1 Å². The maximum Gasteiger partial charge on any atom is 0.325 e. The average Bonchev–Trinajstić information content (AvgIpc) is 2.59. The molecule has 0 aliphatic carbocycles. The van der Waals surface area contributed by atoms with E-state index >= 15 is 0 Å². The molecule has 2 aromatic rings. The summed E-state index contributed by atoms with van der Waals surface area (Å²) in [4.78, 5) is 20.6. The van der Waals surface area contributed by atoms with Crippen LogP contribution in [-0.2, 0) is 11.3 Å². The first-order valence-electron chi connectivity index (χ1n) is 8.29. The molecule has 0 radical (unpaired) electrons. The number of hydrogen-bond acceptors (Lipinski definition) is 4. The van der Waals surface area contributed by atoms with Crippen LogP contribution in [0.2, 0.25) is 0 Å². The number of hydrogen-bond donors (Lipinski definition) is 1. The molecule has 1 aromatic carbocycles. The topological polar surface area (TPSA) is 56.7 Å². The number of aliphatic carboxylic acids is 1. The van der Waals surface area contributed by atoms with Gasteiger partial charge in [0.25, 0.3) is 0 Å². The number of carboxylic acid groups (broad SMARTS) is 1. The van der Waals surface area contributed by atoms with Crippen molar-refractivity contribution in [3.8, 4) is 0 Å². The van der Waals surface area contributed by atoms with E-state index in [-0.39, 0.29) is 0 Å². The van der Waals surface area contributed by atoms with Gasteiger partial charge in [0.05, 0.1) is 5.69 Å². The number of carboxylic acids is 1. The molecule has 1 aliphatic rings. The second kappa shape index (κ2) is 7.55. The normalized spacial score (nSPS) is 17.5. The summed E-state index contributed by atoms with van der Waals surface area (Å²) >= 11 is 0. The SMILES string of the molecule is Cc1ccc(CN2CCN(C(C(=O)O)c3ccccc3)CC2)nc1. The summed E-state index contributed by atoms with van der Waals surface area (Å²) in [6.07, 6.45) is 1.89. The fourth-order valence-corrected chi connectivity index (χ4v) is 3.15. The lowest BCUT2D eigenvalue weighted by atomic mass is 10.0. The number of aryl methyl sites for hydroxylation is 1. The Kier molecular flexibility index (Phi) is 5.23. The molecule has 1 atom stereocenters. The lowest BCUT2D eigenvalue weighted by molar-refractivity contribution is -0.144. The summed E-state index contributed by atoms with van der Waals surface area (Å²) in [5.74, 6) is -0.783. The molecule has 0 spiro atoms. The summed E-state index contributed by atoms with van der Waals surface area (Å²) in [5, 5.41) is 9.64. The van der Waals surface area contributed by atoms with E-state index in [0.717, 1.165) is 49.5 Å². The third-order valence-corrected chi connectivity index (χ3v) is 4.48. The summed E-state index contributed by atoms with van der Waals surface area (Å²) in [6, 6.07) is 13.1. The van der Waals surface area contributed by atoms with Crippen molar-refractivity contribution in [1.29, 1.82) is 0 Å². The van der Waals surface area contributed by atoms with Crippen molar-refractivity contribution in [3.63, 3.8) is 0 Å². The predicted molar refractivity (Wildman–Crippen MR) is 92.6 cm³/mol. The average molecular weight is 325 g/mol. The monoisotopic (exact) mass is 325 g/mol. The van der Waals surface area contributed by atoms with Crippen molar-refractivity contribution in [1.82, 2.24) is 14.8 Å². The molecule has 1 aliphatic heterocycles. The fraction of sp³-hybridized carbons (Fsp3) is 0.368. The predicted octanol–water partition coefficient (Wildman–Crippen LogP) is 2.33. The zero-order chi connectivity index (χ0) is 16.9. The van der Waals surface area contributed by atoms with Crippen molar-refractivity contribution in [2.24, 2.45) is 0 Å². The molecule has 1 unspecified atom stereocenters. The highest BCUT2D eigenvalue weighted by Crippen LogP contribution is 2.22. The zero-order valence-corrected chi connectivity index (χ0v) is 13.9. The van der Waals surface area contributed by atoms with E-state index in [2.05, 4.69) is 26.9 Å². The highest BCUT2D eigenvalue weighted by molar-refractivity contribution is 5.75. The Bertz CT molecular complexity index is 665. The van der Waals surface area contributed by atoms with Crippen molar-refractivity contribution in [2.45, 2.75) is 19.5 Å². The molecule has 3 rings (SSSR count). The molecule has 126 valence electrons. The molecule has 24 heavy (non-hydrogen) atoms. The van der Waals surface area contributed by atoms with Gasteiger partial charge in [0.15, 0.2) is 0 Å². The first-order valence-corrected chi connectivity index (χ1v) is 8.29. The summed E-state index contributed by atoms with van der Waals surface area (Å²) in [5.41, 5.74) is 3.07. The minimum absolute atomic E-state index is 0.564. The van der Waals surface area contributed by atoms with Gasteiger partial charge in [0.2, 0.25) is 0 Å². The van der Waals surface area contributed by atoms with Crippen LogP contribution in [0.5, 0.6) is 0 Å². The molecule has 1 N–H and O–H groups in total. The van der Waals surface area contributed by atoms with E-state index in [1.165, 1.54) is 0 Å². The third-order valence-electron chi connectivity index (χ3n) is 4.48. The molecular weight excluding hydrogens is 302 g/mol. The van der Waals surface area contributed by atoms with Crippen LogP contribution < -0.4 is 0 Å². The summed E-state index contributed by atoms with van der Waals surface area (Å²) in [6.45, 7) is 6.05. The number of piperazine rings is 1. The number of rotatable bonds is 5. The van der Waals surface area contributed by atoms with Crippen molar-refractivity contribution < 1.29 is 9.90 Å². The van der Waals surface area contributed by atoms with Crippen LogP contribution in [0.15, 0.2) is 48.7 Å². The van der Waals surface area contributed by atoms with E-state index in [4.69, 9.17) is 0 Å². The van der Waals surface area contributed by atoms with Gasteiger partial charge in [-0.3, -0.25) is 19.6 Å². The maximum atomic E-state index is 11.7. The fourth-order valence-electron chi connectivity index (χ4n) is 3.15. The minimum Gasteiger partial charge on any atom is -0.480 e. The molecule has 0 amide bonds. The molecule has 1 saturated heterocycles. The standard InChI is InChI=1S/C19H23N3O2/c1-15-7-8-17(20-13-15)14-21-9-11-22(12-10-21)18(19(23)24)16-5-3-2-4-6-16/h2-8,13,18H,9-12,14H2,1H3,(H,23,24).